The van der Waals surface area contributed by atoms with E-state index >= 15 is 0 Å². The predicted octanol–water partition coefficient (Wildman–Crippen LogP) is 2.08. The van der Waals surface area contributed by atoms with Gasteiger partial charge in [0.05, 0.1) is 18.3 Å². The van der Waals surface area contributed by atoms with E-state index < -0.39 is 5.54 Å². The van der Waals surface area contributed by atoms with E-state index in [1.165, 1.54) is 0 Å². The van der Waals surface area contributed by atoms with Crippen LogP contribution in [0, 0.1) is 11.3 Å². The van der Waals surface area contributed by atoms with Gasteiger partial charge in [-0.1, -0.05) is 6.92 Å². The molecular weight excluding hydrogens is 176 g/mol. The molecule has 0 aromatic carbocycles. The molecule has 0 heterocycles. The molecule has 0 aromatic heterocycles. The molecule has 0 spiro atoms. The second kappa shape index (κ2) is 5.33. The molecule has 14 heavy (non-hydrogen) atoms. The van der Waals surface area contributed by atoms with Crippen LogP contribution in [0.1, 0.15) is 41.0 Å². The first-order chi connectivity index (χ1) is 6.33. The summed E-state index contributed by atoms with van der Waals surface area (Å²) in [6, 6.07) is 2.25. The van der Waals surface area contributed by atoms with Crippen LogP contribution in [-0.2, 0) is 4.74 Å². The molecule has 0 aliphatic heterocycles. The van der Waals surface area contributed by atoms with E-state index in [0.29, 0.717) is 6.61 Å². The lowest BCUT2D eigenvalue weighted by atomic mass is 10.1. The number of nitrogens with zero attached hydrogens (tertiary/aromatic N) is 1. The molecule has 1 N–H and O–H groups in total. The minimum atomic E-state index is -0.566. The first-order valence-electron chi connectivity index (χ1n) is 5.13. The van der Waals surface area contributed by atoms with Crippen LogP contribution in [0.2, 0.25) is 0 Å². The zero-order valence-corrected chi connectivity index (χ0v) is 9.98. The summed E-state index contributed by atoms with van der Waals surface area (Å²) in [5.41, 5.74) is -0.755. The molecule has 0 aliphatic rings. The zero-order valence-electron chi connectivity index (χ0n) is 9.98. The van der Waals surface area contributed by atoms with E-state index in [-0.39, 0.29) is 5.60 Å². The smallest absolute Gasteiger partial charge is 0.127 e. The Labute approximate surface area is 87.4 Å². The molecule has 3 nitrogen and oxygen atoms in total. The van der Waals surface area contributed by atoms with Crippen molar-refractivity contribution in [2.45, 2.75) is 52.2 Å². The number of nitrogens with one attached hydrogen (secondary N) is 1. The third-order valence-corrected chi connectivity index (χ3v) is 1.81. The van der Waals surface area contributed by atoms with Crippen molar-refractivity contribution in [2.75, 3.05) is 13.2 Å². The Morgan fingerprint density at radius 1 is 1.29 bits per heavy atom. The average Bonchev–Trinajstić information content (AvgIpc) is 2.10. The summed E-state index contributed by atoms with van der Waals surface area (Å²) >= 11 is 0. The topological polar surface area (TPSA) is 45.0 Å². The number of hydrogen-bond donors (Lipinski definition) is 1. The highest BCUT2D eigenvalue weighted by molar-refractivity contribution is 5.04. The van der Waals surface area contributed by atoms with Gasteiger partial charge in [0.2, 0.25) is 0 Å². The minimum Gasteiger partial charge on any atom is -0.373 e. The van der Waals surface area contributed by atoms with E-state index in [1.807, 2.05) is 27.7 Å². The van der Waals surface area contributed by atoms with E-state index in [2.05, 4.69) is 18.3 Å². The van der Waals surface area contributed by atoms with Gasteiger partial charge in [0.1, 0.15) is 5.54 Å². The van der Waals surface area contributed by atoms with Gasteiger partial charge in [0.25, 0.3) is 0 Å². The van der Waals surface area contributed by atoms with Gasteiger partial charge in [0, 0.05) is 0 Å². The third kappa shape index (κ3) is 5.95. The fourth-order valence-electron chi connectivity index (χ4n) is 0.885. The lowest BCUT2D eigenvalue weighted by Gasteiger charge is -2.28. The molecule has 0 aromatic rings. The van der Waals surface area contributed by atoms with Crippen molar-refractivity contribution in [3.05, 3.63) is 0 Å². The van der Waals surface area contributed by atoms with Crippen LogP contribution in [0.4, 0.5) is 0 Å². The Hall–Kier alpha value is -0.590. The van der Waals surface area contributed by atoms with Crippen molar-refractivity contribution >= 4 is 0 Å². The van der Waals surface area contributed by atoms with E-state index in [1.54, 1.807) is 0 Å². The summed E-state index contributed by atoms with van der Waals surface area (Å²) in [5.74, 6) is 0. The molecule has 1 atom stereocenters. The Balaban J connectivity index is 4.07. The quantitative estimate of drug-likeness (QED) is 0.735. The van der Waals surface area contributed by atoms with Gasteiger partial charge in [-0.05, 0) is 40.7 Å². The fourth-order valence-corrected chi connectivity index (χ4v) is 0.885. The molecular formula is C11H22N2O. The van der Waals surface area contributed by atoms with Crippen LogP contribution in [0.3, 0.4) is 0 Å². The molecule has 0 amide bonds. The largest absolute Gasteiger partial charge is 0.373 e. The molecule has 0 bridgehead atoms. The SMILES string of the molecule is CCCNC(C)(C#N)COC(C)(C)C. The Kier molecular flexibility index (Phi) is 5.11. The zero-order chi connectivity index (χ0) is 11.2. The molecule has 3 heteroatoms. The predicted molar refractivity (Wildman–Crippen MR) is 58.0 cm³/mol. The van der Waals surface area contributed by atoms with Crippen molar-refractivity contribution in [1.29, 1.82) is 5.26 Å². The standard InChI is InChI=1S/C11H22N2O/c1-6-7-13-11(5,8-12)9-14-10(2,3)4/h13H,6-7,9H2,1-5H3. The average molecular weight is 198 g/mol. The summed E-state index contributed by atoms with van der Waals surface area (Å²) < 4.78 is 5.60. The molecule has 0 fully saturated rings. The van der Waals surface area contributed by atoms with Gasteiger partial charge in [-0.2, -0.15) is 5.26 Å². The van der Waals surface area contributed by atoms with Crippen LogP contribution < -0.4 is 5.32 Å². The molecule has 1 unspecified atom stereocenters. The van der Waals surface area contributed by atoms with Crippen molar-refractivity contribution < 1.29 is 4.74 Å². The van der Waals surface area contributed by atoms with Crippen LogP contribution in [0.5, 0.6) is 0 Å². The molecule has 82 valence electrons. The van der Waals surface area contributed by atoms with Gasteiger partial charge in [-0.15, -0.1) is 0 Å². The van der Waals surface area contributed by atoms with E-state index in [4.69, 9.17) is 10.00 Å². The fraction of sp³-hybridized carbons (Fsp3) is 0.909. The second-order valence-electron chi connectivity index (χ2n) is 4.77. The first-order valence-corrected chi connectivity index (χ1v) is 5.13. The molecule has 0 saturated carbocycles. The Morgan fingerprint density at radius 2 is 1.86 bits per heavy atom. The number of rotatable bonds is 5. The van der Waals surface area contributed by atoms with Crippen molar-refractivity contribution in [2.24, 2.45) is 0 Å². The number of ether oxygens (including phenoxy) is 1. The van der Waals surface area contributed by atoms with Crippen LogP contribution >= 0.6 is 0 Å². The summed E-state index contributed by atoms with van der Waals surface area (Å²) in [7, 11) is 0. The second-order valence-corrected chi connectivity index (χ2v) is 4.77. The van der Waals surface area contributed by atoms with Crippen LogP contribution in [-0.4, -0.2) is 24.3 Å². The normalized spacial score (nSPS) is 16.0. The van der Waals surface area contributed by atoms with Gasteiger partial charge >= 0.3 is 0 Å². The lowest BCUT2D eigenvalue weighted by Crippen LogP contribution is -2.47. The number of nitriles is 1. The highest BCUT2D eigenvalue weighted by Crippen LogP contribution is 2.11. The maximum atomic E-state index is 9.02. The maximum Gasteiger partial charge on any atom is 0.127 e. The van der Waals surface area contributed by atoms with Crippen molar-refractivity contribution in [1.82, 2.24) is 5.32 Å². The van der Waals surface area contributed by atoms with Gasteiger partial charge in [0.15, 0.2) is 0 Å². The monoisotopic (exact) mass is 198 g/mol. The van der Waals surface area contributed by atoms with Gasteiger partial charge < -0.3 is 4.74 Å². The summed E-state index contributed by atoms with van der Waals surface area (Å²) in [5, 5.41) is 12.2. The molecule has 0 aliphatic carbocycles. The molecule has 0 rings (SSSR count). The summed E-state index contributed by atoms with van der Waals surface area (Å²) in [6.07, 6.45) is 1.02. The third-order valence-electron chi connectivity index (χ3n) is 1.81. The Bertz CT molecular complexity index is 202. The Morgan fingerprint density at radius 3 is 2.21 bits per heavy atom. The number of hydrogen-bond acceptors (Lipinski definition) is 3. The van der Waals surface area contributed by atoms with Crippen molar-refractivity contribution in [3.8, 4) is 6.07 Å². The highest BCUT2D eigenvalue weighted by Gasteiger charge is 2.25. The summed E-state index contributed by atoms with van der Waals surface area (Å²) in [6.45, 7) is 11.2. The molecule has 0 radical (unpaired) electrons. The van der Waals surface area contributed by atoms with E-state index in [0.717, 1.165) is 13.0 Å². The highest BCUT2D eigenvalue weighted by atomic mass is 16.5. The van der Waals surface area contributed by atoms with Crippen LogP contribution in [0.15, 0.2) is 0 Å². The maximum absolute atomic E-state index is 9.02. The summed E-state index contributed by atoms with van der Waals surface area (Å²) in [4.78, 5) is 0. The van der Waals surface area contributed by atoms with Crippen LogP contribution in [0.25, 0.3) is 0 Å². The van der Waals surface area contributed by atoms with Crippen molar-refractivity contribution in [3.63, 3.8) is 0 Å². The molecule has 0 saturated heterocycles. The first kappa shape index (κ1) is 13.4. The van der Waals surface area contributed by atoms with Gasteiger partial charge in [-0.25, -0.2) is 0 Å². The minimum absolute atomic E-state index is 0.188. The van der Waals surface area contributed by atoms with E-state index in [9.17, 15) is 0 Å². The van der Waals surface area contributed by atoms with Gasteiger partial charge in [-0.3, -0.25) is 5.32 Å². The lowest BCUT2D eigenvalue weighted by molar-refractivity contribution is -0.0231.